The van der Waals surface area contributed by atoms with Crippen LogP contribution in [0.25, 0.3) is 0 Å². The third-order valence-corrected chi connectivity index (χ3v) is 6.97. The van der Waals surface area contributed by atoms with Crippen molar-refractivity contribution in [1.29, 1.82) is 0 Å². The van der Waals surface area contributed by atoms with Crippen molar-refractivity contribution in [3.63, 3.8) is 0 Å². The molecule has 2 aromatic rings. The van der Waals surface area contributed by atoms with Gasteiger partial charge in [-0.2, -0.15) is 0 Å². The third-order valence-electron chi connectivity index (χ3n) is 6.97. The minimum atomic E-state index is -0.190. The van der Waals surface area contributed by atoms with Gasteiger partial charge < -0.3 is 14.0 Å². The molecule has 200 valence electrons. The number of carbonyl (C=O) groups is 1. The maximum absolute atomic E-state index is 13.0. The first-order valence-electron chi connectivity index (χ1n) is 14.2. The van der Waals surface area contributed by atoms with Crippen LogP contribution in [-0.2, 0) is 22.5 Å². The molecule has 2 aromatic carbocycles. The van der Waals surface area contributed by atoms with Gasteiger partial charge in [-0.3, -0.25) is 0 Å². The summed E-state index contributed by atoms with van der Waals surface area (Å²) in [6.07, 6.45) is 13.3. The molecule has 0 saturated carbocycles. The highest BCUT2D eigenvalue weighted by molar-refractivity contribution is 5.74. The molecule has 0 saturated heterocycles. The number of hydrogen-bond acceptors (Lipinski definition) is 3. The fourth-order valence-electron chi connectivity index (χ4n) is 4.88. The smallest absolute Gasteiger partial charge is 0.365 e. The summed E-state index contributed by atoms with van der Waals surface area (Å²) in [5.41, 5.74) is 2.48. The predicted octanol–water partition coefficient (Wildman–Crippen LogP) is 7.74. The Hall–Kier alpha value is -2.33. The van der Waals surface area contributed by atoms with E-state index >= 15 is 0 Å². The number of aryl methyl sites for hydroxylation is 1. The Morgan fingerprint density at radius 3 is 2.11 bits per heavy atom. The van der Waals surface area contributed by atoms with Crippen molar-refractivity contribution in [2.45, 2.75) is 97.1 Å². The molecule has 0 aromatic heterocycles. The Morgan fingerprint density at radius 1 is 0.778 bits per heavy atom. The Balaban J connectivity index is 1.77. The molecule has 0 fully saturated rings. The zero-order chi connectivity index (χ0) is 26.1. The Labute approximate surface area is 220 Å². The number of quaternary nitrogens is 1. The summed E-state index contributed by atoms with van der Waals surface area (Å²) >= 11 is 0. The summed E-state index contributed by atoms with van der Waals surface area (Å²) in [6.45, 7) is 5.83. The minimum absolute atomic E-state index is 0.131. The number of carbonyl (C=O) groups excluding carboxylic acids is 1. The van der Waals surface area contributed by atoms with Crippen LogP contribution in [0.15, 0.2) is 54.6 Å². The van der Waals surface area contributed by atoms with Crippen molar-refractivity contribution in [3.8, 4) is 5.75 Å². The molecule has 1 atom stereocenters. The zero-order valence-corrected chi connectivity index (χ0v) is 23.3. The van der Waals surface area contributed by atoms with Crippen LogP contribution in [0.1, 0.15) is 89.2 Å². The van der Waals surface area contributed by atoms with Crippen LogP contribution in [0.3, 0.4) is 0 Å². The average molecular weight is 497 g/mol. The van der Waals surface area contributed by atoms with Gasteiger partial charge in [-0.15, -0.1) is 0 Å². The van der Waals surface area contributed by atoms with Gasteiger partial charge in [0.15, 0.2) is 6.04 Å². The van der Waals surface area contributed by atoms with Crippen molar-refractivity contribution in [3.05, 3.63) is 65.7 Å². The summed E-state index contributed by atoms with van der Waals surface area (Å²) < 4.78 is 12.3. The molecular formula is C32H50NO3+. The number of esters is 1. The lowest BCUT2D eigenvalue weighted by Gasteiger charge is -2.36. The number of ether oxygens (including phenoxy) is 2. The monoisotopic (exact) mass is 496 g/mol. The Kier molecular flexibility index (Phi) is 14.3. The first-order chi connectivity index (χ1) is 17.5. The van der Waals surface area contributed by atoms with E-state index < -0.39 is 0 Å². The van der Waals surface area contributed by atoms with Gasteiger partial charge in [-0.1, -0.05) is 107 Å². The van der Waals surface area contributed by atoms with E-state index in [1.807, 2.05) is 30.3 Å². The summed E-state index contributed by atoms with van der Waals surface area (Å²) in [5, 5.41) is 0. The second-order valence-corrected chi connectivity index (χ2v) is 10.6. The molecule has 0 spiro atoms. The topological polar surface area (TPSA) is 35.5 Å². The Bertz CT molecular complexity index is 849. The predicted molar refractivity (Wildman–Crippen MR) is 150 cm³/mol. The van der Waals surface area contributed by atoms with E-state index in [1.165, 1.54) is 62.5 Å². The standard InChI is InChI=1S/C32H50NO3/c1-5-7-8-9-10-11-12-16-22-29-23-17-18-24-31(29)35-25-26-36-32(34)30(19-6-2)33(3,4)27-28-20-14-13-15-21-28/h13-15,17-18,20-21,23-24,30H,5-12,16,19,22,25-27H2,1-4H3/q+1. The average Bonchev–Trinajstić information content (AvgIpc) is 2.87. The van der Waals surface area contributed by atoms with Crippen LogP contribution >= 0.6 is 0 Å². The van der Waals surface area contributed by atoms with Gasteiger partial charge >= 0.3 is 5.97 Å². The maximum Gasteiger partial charge on any atom is 0.365 e. The molecule has 1 unspecified atom stereocenters. The largest absolute Gasteiger partial charge is 0.490 e. The Morgan fingerprint density at radius 2 is 1.42 bits per heavy atom. The fraction of sp³-hybridized carbons (Fsp3) is 0.594. The molecular weight excluding hydrogens is 446 g/mol. The lowest BCUT2D eigenvalue weighted by Crippen LogP contribution is -2.53. The van der Waals surface area contributed by atoms with Crippen LogP contribution in [0, 0.1) is 0 Å². The SMILES string of the molecule is CCCCCCCCCCc1ccccc1OCCOC(=O)C(CCC)[N+](C)(C)Cc1ccccc1. The van der Waals surface area contributed by atoms with Gasteiger partial charge in [-0.05, 0) is 30.9 Å². The number of rotatable bonds is 19. The first-order valence-corrected chi connectivity index (χ1v) is 14.2. The van der Waals surface area contributed by atoms with E-state index in [0.717, 1.165) is 31.6 Å². The lowest BCUT2D eigenvalue weighted by atomic mass is 10.0. The quantitative estimate of drug-likeness (QED) is 0.113. The van der Waals surface area contributed by atoms with E-state index in [0.29, 0.717) is 11.1 Å². The zero-order valence-electron chi connectivity index (χ0n) is 23.3. The highest BCUT2D eigenvalue weighted by Gasteiger charge is 2.35. The van der Waals surface area contributed by atoms with Crippen molar-refractivity contribution >= 4 is 5.97 Å². The van der Waals surface area contributed by atoms with E-state index in [4.69, 9.17) is 9.47 Å². The van der Waals surface area contributed by atoms with Crippen LogP contribution in [0.4, 0.5) is 0 Å². The number of likely N-dealkylation sites (N-methyl/N-ethyl adjacent to an activating group) is 1. The lowest BCUT2D eigenvalue weighted by molar-refractivity contribution is -0.920. The molecule has 0 heterocycles. The van der Waals surface area contributed by atoms with Crippen molar-refractivity contribution in [1.82, 2.24) is 0 Å². The molecule has 0 radical (unpaired) electrons. The normalized spacial score (nSPS) is 12.3. The van der Waals surface area contributed by atoms with Gasteiger partial charge in [0, 0.05) is 12.0 Å². The van der Waals surface area contributed by atoms with Crippen LogP contribution in [0.2, 0.25) is 0 Å². The molecule has 0 aliphatic carbocycles. The molecule has 0 aliphatic heterocycles. The van der Waals surface area contributed by atoms with Crippen LogP contribution in [-0.4, -0.2) is 43.8 Å². The molecule has 0 bridgehead atoms. The van der Waals surface area contributed by atoms with Crippen molar-refractivity contribution < 1.29 is 18.8 Å². The van der Waals surface area contributed by atoms with Gasteiger partial charge in [0.25, 0.3) is 0 Å². The van der Waals surface area contributed by atoms with E-state index in [2.05, 4.69) is 52.2 Å². The molecule has 0 amide bonds. The number of nitrogens with zero attached hydrogens (tertiary/aromatic N) is 1. The van der Waals surface area contributed by atoms with E-state index in [9.17, 15) is 4.79 Å². The van der Waals surface area contributed by atoms with Gasteiger partial charge in [0.2, 0.25) is 0 Å². The molecule has 0 N–H and O–H groups in total. The molecule has 0 aliphatic rings. The third kappa shape index (κ3) is 11.2. The van der Waals surface area contributed by atoms with Crippen LogP contribution < -0.4 is 4.74 Å². The van der Waals surface area contributed by atoms with Crippen molar-refractivity contribution in [2.75, 3.05) is 27.3 Å². The van der Waals surface area contributed by atoms with Crippen molar-refractivity contribution in [2.24, 2.45) is 0 Å². The second kappa shape index (κ2) is 17.2. The van der Waals surface area contributed by atoms with E-state index in [1.54, 1.807) is 0 Å². The molecule has 2 rings (SSSR count). The summed E-state index contributed by atoms with van der Waals surface area (Å²) in [4.78, 5) is 13.0. The maximum atomic E-state index is 13.0. The second-order valence-electron chi connectivity index (χ2n) is 10.6. The fourth-order valence-corrected chi connectivity index (χ4v) is 4.88. The van der Waals surface area contributed by atoms with Gasteiger partial charge in [-0.25, -0.2) is 4.79 Å². The highest BCUT2D eigenvalue weighted by atomic mass is 16.6. The van der Waals surface area contributed by atoms with E-state index in [-0.39, 0.29) is 18.6 Å². The number of hydrogen-bond donors (Lipinski definition) is 0. The molecule has 36 heavy (non-hydrogen) atoms. The van der Waals surface area contributed by atoms with Crippen LogP contribution in [0.5, 0.6) is 5.75 Å². The number of unbranched alkanes of at least 4 members (excludes halogenated alkanes) is 7. The van der Waals surface area contributed by atoms with Gasteiger partial charge in [0.05, 0.1) is 14.1 Å². The summed E-state index contributed by atoms with van der Waals surface area (Å²) in [5.74, 6) is 0.787. The number of para-hydroxylation sites is 1. The molecule has 4 heteroatoms. The summed E-state index contributed by atoms with van der Waals surface area (Å²) in [6, 6.07) is 18.4. The van der Waals surface area contributed by atoms with Gasteiger partial charge in [0.1, 0.15) is 25.5 Å². The molecule has 4 nitrogen and oxygen atoms in total. The minimum Gasteiger partial charge on any atom is -0.490 e. The summed E-state index contributed by atoms with van der Waals surface area (Å²) in [7, 11) is 4.24. The number of benzene rings is 2. The first kappa shape index (κ1) is 29.9. The highest BCUT2D eigenvalue weighted by Crippen LogP contribution is 2.22.